The van der Waals surface area contributed by atoms with E-state index in [1.807, 2.05) is 0 Å². The van der Waals surface area contributed by atoms with Crippen molar-refractivity contribution < 1.29 is 14.7 Å². The van der Waals surface area contributed by atoms with Crippen LogP contribution in [0.3, 0.4) is 0 Å². The van der Waals surface area contributed by atoms with Crippen LogP contribution in [0.25, 0.3) is 0 Å². The van der Waals surface area contributed by atoms with Crippen molar-refractivity contribution >= 4 is 12.0 Å². The number of amides is 2. The average molecular weight is 286 g/mol. The maximum Gasteiger partial charge on any atom is 0.317 e. The smallest absolute Gasteiger partial charge is 0.317 e. The summed E-state index contributed by atoms with van der Waals surface area (Å²) in [6, 6.07) is -0.185. The first-order valence-corrected chi connectivity index (χ1v) is 7.64. The van der Waals surface area contributed by atoms with E-state index < -0.39 is 11.9 Å². The minimum atomic E-state index is -0.878. The van der Waals surface area contributed by atoms with Gasteiger partial charge in [0.2, 0.25) is 0 Å². The molecule has 0 spiro atoms. The number of hydrogen-bond donors (Lipinski definition) is 2. The van der Waals surface area contributed by atoms with Crippen LogP contribution in [0, 0.1) is 11.8 Å². The lowest BCUT2D eigenvalue weighted by Crippen LogP contribution is -2.42. The van der Waals surface area contributed by atoms with Gasteiger partial charge in [-0.2, -0.15) is 0 Å². The quantitative estimate of drug-likeness (QED) is 0.648. The second kappa shape index (κ2) is 10.5. The highest BCUT2D eigenvalue weighted by Crippen LogP contribution is 2.14. The minimum absolute atomic E-state index is 0.185. The molecule has 0 rings (SSSR count). The second-order valence-electron chi connectivity index (χ2n) is 5.60. The lowest BCUT2D eigenvalue weighted by Gasteiger charge is -2.22. The van der Waals surface area contributed by atoms with Crippen molar-refractivity contribution in [3.63, 3.8) is 0 Å². The van der Waals surface area contributed by atoms with Gasteiger partial charge in [-0.1, -0.05) is 40.0 Å². The van der Waals surface area contributed by atoms with Gasteiger partial charge in [0.15, 0.2) is 0 Å². The van der Waals surface area contributed by atoms with Crippen LogP contribution in [-0.2, 0) is 4.79 Å². The Labute approximate surface area is 122 Å². The Morgan fingerprint density at radius 2 is 1.85 bits per heavy atom. The molecule has 118 valence electrons. The highest BCUT2D eigenvalue weighted by Gasteiger charge is 2.18. The van der Waals surface area contributed by atoms with Crippen molar-refractivity contribution in [1.82, 2.24) is 10.2 Å². The van der Waals surface area contributed by atoms with Crippen molar-refractivity contribution in [2.24, 2.45) is 11.8 Å². The minimum Gasteiger partial charge on any atom is -0.481 e. The predicted molar refractivity (Wildman–Crippen MR) is 80.8 cm³/mol. The number of carboxylic acids is 1. The lowest BCUT2D eigenvalue weighted by atomic mass is 9.97. The van der Waals surface area contributed by atoms with Crippen LogP contribution in [0.4, 0.5) is 4.79 Å². The summed E-state index contributed by atoms with van der Waals surface area (Å²) in [5.74, 6) is -0.900. The molecule has 0 saturated heterocycles. The van der Waals surface area contributed by atoms with Crippen molar-refractivity contribution in [3.05, 3.63) is 0 Å². The molecule has 0 aromatic rings. The molecular formula is C15H30N2O3. The molecule has 0 aliphatic carbocycles. The summed E-state index contributed by atoms with van der Waals surface area (Å²) in [7, 11) is 1.63. The Bertz CT molecular complexity index is 295. The fraction of sp³-hybridized carbons (Fsp3) is 0.867. The molecule has 0 bridgehead atoms. The van der Waals surface area contributed by atoms with E-state index in [1.54, 1.807) is 14.0 Å². The van der Waals surface area contributed by atoms with Crippen molar-refractivity contribution in [1.29, 1.82) is 0 Å². The molecule has 0 aliphatic rings. The third kappa shape index (κ3) is 8.02. The molecule has 0 saturated carbocycles. The van der Waals surface area contributed by atoms with Gasteiger partial charge in [0.1, 0.15) is 0 Å². The number of carboxylic acid groups (broad SMARTS) is 1. The van der Waals surface area contributed by atoms with Gasteiger partial charge in [0.05, 0.1) is 5.92 Å². The van der Waals surface area contributed by atoms with E-state index in [9.17, 15) is 9.59 Å². The number of nitrogens with one attached hydrogen (secondary N) is 1. The second-order valence-corrected chi connectivity index (χ2v) is 5.60. The number of aliphatic carboxylic acids is 1. The molecule has 5 heteroatoms. The summed E-state index contributed by atoms with van der Waals surface area (Å²) in [4.78, 5) is 24.1. The number of carbonyl (C=O) groups is 2. The zero-order valence-electron chi connectivity index (χ0n) is 13.3. The highest BCUT2D eigenvalue weighted by atomic mass is 16.4. The highest BCUT2D eigenvalue weighted by molar-refractivity contribution is 5.75. The van der Waals surface area contributed by atoms with E-state index in [0.29, 0.717) is 12.5 Å². The number of unbranched alkanes of at least 4 members (excludes halogenated alkanes) is 1. The van der Waals surface area contributed by atoms with Crippen LogP contribution >= 0.6 is 0 Å². The van der Waals surface area contributed by atoms with Gasteiger partial charge in [-0.15, -0.1) is 0 Å². The maximum atomic E-state index is 11.9. The summed E-state index contributed by atoms with van der Waals surface area (Å²) in [6.45, 7) is 6.84. The third-order valence-corrected chi connectivity index (χ3v) is 3.52. The fourth-order valence-corrected chi connectivity index (χ4v) is 2.19. The third-order valence-electron chi connectivity index (χ3n) is 3.52. The summed E-state index contributed by atoms with van der Waals surface area (Å²) >= 11 is 0. The predicted octanol–water partition coefficient (Wildman–Crippen LogP) is 2.96. The van der Waals surface area contributed by atoms with Crippen LogP contribution in [0.1, 0.15) is 52.9 Å². The fourth-order valence-electron chi connectivity index (χ4n) is 2.19. The lowest BCUT2D eigenvalue weighted by molar-refractivity contribution is -0.141. The Morgan fingerprint density at radius 1 is 1.20 bits per heavy atom. The molecular weight excluding hydrogens is 256 g/mol. The largest absolute Gasteiger partial charge is 0.481 e. The monoisotopic (exact) mass is 286 g/mol. The van der Waals surface area contributed by atoms with Crippen LogP contribution in [0.15, 0.2) is 0 Å². The van der Waals surface area contributed by atoms with Gasteiger partial charge in [-0.05, 0) is 18.8 Å². The molecule has 20 heavy (non-hydrogen) atoms. The molecule has 2 atom stereocenters. The Hall–Kier alpha value is -1.26. The van der Waals surface area contributed by atoms with Crippen LogP contribution in [0.5, 0.6) is 0 Å². The average Bonchev–Trinajstić information content (AvgIpc) is 2.41. The summed E-state index contributed by atoms with van der Waals surface area (Å²) in [5.41, 5.74) is 0. The number of hydrogen-bond acceptors (Lipinski definition) is 2. The first kappa shape index (κ1) is 18.7. The topological polar surface area (TPSA) is 69.6 Å². The Kier molecular flexibility index (Phi) is 9.86. The van der Waals surface area contributed by atoms with E-state index in [2.05, 4.69) is 19.2 Å². The van der Waals surface area contributed by atoms with E-state index in [4.69, 9.17) is 5.11 Å². The van der Waals surface area contributed by atoms with Crippen molar-refractivity contribution in [2.75, 3.05) is 20.1 Å². The number of urea groups is 1. The molecule has 0 aromatic carbocycles. The standard InChI is InChI=1S/C15H30N2O3/c1-5-7-9-13(8-6-2)10-16-15(20)17(4)11-12(3)14(18)19/h12-13H,5-11H2,1-4H3,(H,16,20)(H,18,19). The molecule has 0 aromatic heterocycles. The molecule has 0 radical (unpaired) electrons. The van der Waals surface area contributed by atoms with Gasteiger partial charge >= 0.3 is 12.0 Å². The molecule has 2 unspecified atom stereocenters. The van der Waals surface area contributed by atoms with Gasteiger partial charge < -0.3 is 15.3 Å². The zero-order valence-corrected chi connectivity index (χ0v) is 13.3. The zero-order chi connectivity index (χ0) is 15.5. The SMILES string of the molecule is CCCCC(CCC)CNC(=O)N(C)CC(C)C(=O)O. The van der Waals surface area contributed by atoms with E-state index in [0.717, 1.165) is 19.3 Å². The van der Waals surface area contributed by atoms with Crippen molar-refractivity contribution in [3.8, 4) is 0 Å². The van der Waals surface area contributed by atoms with E-state index in [1.165, 1.54) is 17.7 Å². The molecule has 2 amide bonds. The number of rotatable bonds is 10. The molecule has 0 heterocycles. The van der Waals surface area contributed by atoms with Crippen molar-refractivity contribution in [2.45, 2.75) is 52.9 Å². The van der Waals surface area contributed by atoms with Gasteiger partial charge in [0.25, 0.3) is 0 Å². The van der Waals surface area contributed by atoms with Gasteiger partial charge in [-0.25, -0.2) is 4.79 Å². The maximum absolute atomic E-state index is 11.9. The van der Waals surface area contributed by atoms with Crippen LogP contribution in [-0.4, -0.2) is 42.1 Å². The number of nitrogens with zero attached hydrogens (tertiary/aromatic N) is 1. The first-order valence-electron chi connectivity index (χ1n) is 7.64. The van der Waals surface area contributed by atoms with Gasteiger partial charge in [0, 0.05) is 20.1 Å². The van der Waals surface area contributed by atoms with E-state index >= 15 is 0 Å². The summed E-state index contributed by atoms with van der Waals surface area (Å²) in [6.07, 6.45) is 5.74. The molecule has 5 nitrogen and oxygen atoms in total. The van der Waals surface area contributed by atoms with Crippen LogP contribution in [0.2, 0.25) is 0 Å². The van der Waals surface area contributed by atoms with Gasteiger partial charge in [-0.3, -0.25) is 4.79 Å². The first-order chi connectivity index (χ1) is 9.42. The summed E-state index contributed by atoms with van der Waals surface area (Å²) in [5, 5.41) is 11.8. The normalized spacial score (nSPS) is 13.6. The molecule has 2 N–H and O–H groups in total. The molecule has 0 aliphatic heterocycles. The Balaban J connectivity index is 4.12. The van der Waals surface area contributed by atoms with E-state index in [-0.39, 0.29) is 12.6 Å². The Morgan fingerprint density at radius 3 is 2.35 bits per heavy atom. The number of carbonyl (C=O) groups excluding carboxylic acids is 1. The molecule has 0 fully saturated rings. The summed E-state index contributed by atoms with van der Waals surface area (Å²) < 4.78 is 0. The van der Waals surface area contributed by atoms with Crippen LogP contribution < -0.4 is 5.32 Å².